The number of benzene rings is 1. The van der Waals surface area contributed by atoms with Gasteiger partial charge in [-0.25, -0.2) is 9.18 Å². The van der Waals surface area contributed by atoms with E-state index in [1.54, 1.807) is 13.2 Å². The van der Waals surface area contributed by atoms with Crippen molar-refractivity contribution in [1.82, 2.24) is 9.78 Å². The van der Waals surface area contributed by atoms with Crippen molar-refractivity contribution in [3.8, 4) is 0 Å². The molecule has 0 bridgehead atoms. The normalized spacial score (nSPS) is 11.0. The van der Waals surface area contributed by atoms with Gasteiger partial charge in [0.2, 0.25) is 0 Å². The molecular weight excluding hydrogens is 302 g/mol. The van der Waals surface area contributed by atoms with E-state index in [1.807, 2.05) is 0 Å². The van der Waals surface area contributed by atoms with Crippen LogP contribution in [0.15, 0.2) is 10.7 Å². The standard InChI is InChI=1S/C9H5BrClFN2O2/c1-14-2-3-5(10)6(11)7(12)4(9(15)16)8(3)13-14/h2H,1H3,(H,15,16). The summed E-state index contributed by atoms with van der Waals surface area (Å²) in [5, 5.41) is 13.0. The van der Waals surface area contributed by atoms with Crippen LogP contribution in [0, 0.1) is 5.82 Å². The largest absolute Gasteiger partial charge is 0.478 e. The van der Waals surface area contributed by atoms with Gasteiger partial charge >= 0.3 is 5.97 Å². The summed E-state index contributed by atoms with van der Waals surface area (Å²) in [4.78, 5) is 10.9. The van der Waals surface area contributed by atoms with Gasteiger partial charge in [0.05, 0.1) is 9.50 Å². The SMILES string of the molecule is Cn1cc2c(Br)c(Cl)c(F)c(C(=O)O)c2n1. The second-order valence-corrected chi connectivity index (χ2v) is 4.36. The molecule has 0 saturated heterocycles. The first-order valence-corrected chi connectivity index (χ1v) is 5.33. The molecule has 2 rings (SSSR count). The molecule has 0 radical (unpaired) electrons. The maximum Gasteiger partial charge on any atom is 0.341 e. The number of rotatable bonds is 1. The number of hydrogen-bond acceptors (Lipinski definition) is 2. The summed E-state index contributed by atoms with van der Waals surface area (Å²) in [6.07, 6.45) is 1.57. The summed E-state index contributed by atoms with van der Waals surface area (Å²) in [5.41, 5.74) is -0.437. The number of carbonyl (C=O) groups is 1. The lowest BCUT2D eigenvalue weighted by molar-refractivity contribution is 0.0694. The van der Waals surface area contributed by atoms with Crippen LogP contribution in [-0.4, -0.2) is 20.9 Å². The van der Waals surface area contributed by atoms with E-state index in [0.29, 0.717) is 9.86 Å². The van der Waals surface area contributed by atoms with E-state index in [4.69, 9.17) is 16.7 Å². The molecule has 0 saturated carbocycles. The van der Waals surface area contributed by atoms with E-state index in [2.05, 4.69) is 21.0 Å². The first-order chi connectivity index (χ1) is 7.43. The summed E-state index contributed by atoms with van der Waals surface area (Å²) in [6, 6.07) is 0. The second-order valence-electron chi connectivity index (χ2n) is 3.19. The molecule has 7 heteroatoms. The van der Waals surface area contributed by atoms with Crippen molar-refractivity contribution in [2.24, 2.45) is 7.05 Å². The number of carboxylic acids is 1. The fourth-order valence-electron chi connectivity index (χ4n) is 1.46. The fraction of sp³-hybridized carbons (Fsp3) is 0.111. The molecule has 1 aromatic carbocycles. The van der Waals surface area contributed by atoms with Crippen LogP contribution in [0.25, 0.3) is 10.9 Å². The zero-order valence-corrected chi connectivity index (χ0v) is 10.3. The van der Waals surface area contributed by atoms with Gasteiger partial charge in [-0.1, -0.05) is 11.6 Å². The summed E-state index contributed by atoms with van der Waals surface area (Å²) in [7, 11) is 1.61. The average Bonchev–Trinajstić information content (AvgIpc) is 2.56. The summed E-state index contributed by atoms with van der Waals surface area (Å²) in [5.74, 6) is -2.37. The smallest absolute Gasteiger partial charge is 0.341 e. The van der Waals surface area contributed by atoms with Crippen LogP contribution in [0.3, 0.4) is 0 Å². The highest BCUT2D eigenvalue weighted by Gasteiger charge is 2.23. The molecule has 0 amide bonds. The maximum atomic E-state index is 13.7. The molecule has 1 heterocycles. The van der Waals surface area contributed by atoms with Gasteiger partial charge < -0.3 is 5.11 Å². The van der Waals surface area contributed by atoms with Crippen molar-refractivity contribution in [3.63, 3.8) is 0 Å². The third-order valence-corrected chi connectivity index (χ3v) is 3.53. The van der Waals surface area contributed by atoms with Gasteiger partial charge in [0.1, 0.15) is 11.1 Å². The summed E-state index contributed by atoms with van der Waals surface area (Å²) < 4.78 is 15.4. The molecular formula is C9H5BrClFN2O2. The van der Waals surface area contributed by atoms with Gasteiger partial charge in [0, 0.05) is 18.6 Å². The molecule has 0 unspecified atom stereocenters. The Kier molecular flexibility index (Phi) is 2.63. The number of hydrogen-bond donors (Lipinski definition) is 1. The van der Waals surface area contributed by atoms with Gasteiger partial charge in [0.25, 0.3) is 0 Å². The van der Waals surface area contributed by atoms with E-state index >= 15 is 0 Å². The lowest BCUT2D eigenvalue weighted by Gasteiger charge is -2.03. The number of carboxylic acid groups (broad SMARTS) is 1. The predicted octanol–water partition coefficient (Wildman–Crippen LogP) is 2.83. The Hall–Kier alpha value is -1.14. The quantitative estimate of drug-likeness (QED) is 0.824. The molecule has 0 fully saturated rings. The van der Waals surface area contributed by atoms with Crippen molar-refractivity contribution in [1.29, 1.82) is 0 Å². The van der Waals surface area contributed by atoms with Crippen molar-refractivity contribution >= 4 is 44.4 Å². The third-order valence-electron chi connectivity index (χ3n) is 2.12. The van der Waals surface area contributed by atoms with Crippen molar-refractivity contribution < 1.29 is 14.3 Å². The Morgan fingerprint density at radius 2 is 2.31 bits per heavy atom. The topological polar surface area (TPSA) is 55.1 Å². The minimum atomic E-state index is -1.39. The van der Waals surface area contributed by atoms with Gasteiger partial charge in [-0.05, 0) is 15.9 Å². The van der Waals surface area contributed by atoms with Crippen LogP contribution in [0.5, 0.6) is 0 Å². The van der Waals surface area contributed by atoms with E-state index in [-0.39, 0.29) is 10.5 Å². The molecule has 1 N–H and O–H groups in total. The highest BCUT2D eigenvalue weighted by Crippen LogP contribution is 2.35. The number of aromatic carboxylic acids is 1. The van der Waals surface area contributed by atoms with Gasteiger partial charge in [-0.2, -0.15) is 5.10 Å². The van der Waals surface area contributed by atoms with Gasteiger partial charge in [0.15, 0.2) is 5.82 Å². The van der Waals surface area contributed by atoms with Crippen molar-refractivity contribution in [3.05, 3.63) is 27.1 Å². The Labute approximate surface area is 103 Å². The van der Waals surface area contributed by atoms with Gasteiger partial charge in [-0.3, -0.25) is 4.68 Å². The molecule has 0 spiro atoms. The minimum Gasteiger partial charge on any atom is -0.478 e. The number of nitrogens with zero attached hydrogens (tertiary/aromatic N) is 2. The van der Waals surface area contributed by atoms with E-state index in [0.717, 1.165) is 0 Å². The molecule has 4 nitrogen and oxygen atoms in total. The van der Waals surface area contributed by atoms with Crippen LogP contribution >= 0.6 is 27.5 Å². The highest BCUT2D eigenvalue weighted by molar-refractivity contribution is 9.10. The molecule has 0 aliphatic heterocycles. The van der Waals surface area contributed by atoms with Crippen molar-refractivity contribution in [2.45, 2.75) is 0 Å². The Morgan fingerprint density at radius 3 is 2.88 bits per heavy atom. The second kappa shape index (κ2) is 3.71. The molecule has 1 aromatic heterocycles. The molecule has 16 heavy (non-hydrogen) atoms. The summed E-state index contributed by atoms with van der Waals surface area (Å²) >= 11 is 8.80. The van der Waals surface area contributed by atoms with E-state index < -0.39 is 17.3 Å². The van der Waals surface area contributed by atoms with Crippen LogP contribution in [0.2, 0.25) is 5.02 Å². The fourth-order valence-corrected chi connectivity index (χ4v) is 2.12. The lowest BCUT2D eigenvalue weighted by atomic mass is 10.1. The van der Waals surface area contributed by atoms with Crippen LogP contribution in [-0.2, 0) is 7.05 Å². The number of aromatic nitrogens is 2. The molecule has 84 valence electrons. The Morgan fingerprint density at radius 1 is 1.69 bits per heavy atom. The first-order valence-electron chi connectivity index (χ1n) is 4.16. The zero-order chi connectivity index (χ0) is 12.0. The molecule has 2 aromatic rings. The van der Waals surface area contributed by atoms with Crippen molar-refractivity contribution in [2.75, 3.05) is 0 Å². The Balaban J connectivity index is 3.02. The zero-order valence-electron chi connectivity index (χ0n) is 7.96. The molecule has 0 aliphatic rings. The highest BCUT2D eigenvalue weighted by atomic mass is 79.9. The maximum absolute atomic E-state index is 13.7. The predicted molar refractivity (Wildman–Crippen MR) is 60.3 cm³/mol. The average molecular weight is 308 g/mol. The minimum absolute atomic E-state index is 0.0729. The van der Waals surface area contributed by atoms with E-state index in [1.165, 1.54) is 4.68 Å². The van der Waals surface area contributed by atoms with Crippen LogP contribution in [0.4, 0.5) is 4.39 Å². The lowest BCUT2D eigenvalue weighted by Crippen LogP contribution is -2.03. The molecule has 0 aliphatic carbocycles. The van der Waals surface area contributed by atoms with Gasteiger partial charge in [-0.15, -0.1) is 0 Å². The first kappa shape index (κ1) is 11.3. The Bertz CT molecular complexity index is 611. The number of halogens is 3. The summed E-state index contributed by atoms with van der Waals surface area (Å²) in [6.45, 7) is 0. The number of fused-ring (bicyclic) bond motifs is 1. The van der Waals surface area contributed by atoms with E-state index in [9.17, 15) is 9.18 Å². The third kappa shape index (κ3) is 1.49. The number of aryl methyl sites for hydroxylation is 1. The monoisotopic (exact) mass is 306 g/mol. The van der Waals surface area contributed by atoms with Crippen LogP contribution < -0.4 is 0 Å². The van der Waals surface area contributed by atoms with Crippen LogP contribution in [0.1, 0.15) is 10.4 Å². The molecule has 0 atom stereocenters.